The Labute approximate surface area is 110 Å². The van der Waals surface area contributed by atoms with E-state index < -0.39 is 5.23 Å². The number of hydrogen-bond donors (Lipinski definition) is 2. The molecule has 1 aliphatic rings. The molecule has 1 unspecified atom stereocenters. The summed E-state index contributed by atoms with van der Waals surface area (Å²) in [6, 6.07) is 3.89. The predicted octanol–water partition coefficient (Wildman–Crippen LogP) is 0.0547. The smallest absolute Gasteiger partial charge is 0.188 e. The first-order valence-corrected chi connectivity index (χ1v) is 6.35. The molecule has 19 heavy (non-hydrogen) atoms. The van der Waals surface area contributed by atoms with E-state index in [2.05, 4.69) is 9.97 Å². The molecule has 7 nitrogen and oxygen atoms in total. The third-order valence-electron chi connectivity index (χ3n) is 3.43. The molecule has 3 rings (SSSR count). The summed E-state index contributed by atoms with van der Waals surface area (Å²) >= 11 is 0. The largest absolute Gasteiger partial charge is 0.599 e. The van der Waals surface area contributed by atoms with Crippen molar-refractivity contribution >= 4 is 11.2 Å². The van der Waals surface area contributed by atoms with Crippen LogP contribution in [0.4, 0.5) is 0 Å². The van der Waals surface area contributed by atoms with Crippen molar-refractivity contribution in [1.82, 2.24) is 14.5 Å². The van der Waals surface area contributed by atoms with Crippen LogP contribution in [0.15, 0.2) is 18.5 Å². The van der Waals surface area contributed by atoms with Gasteiger partial charge in [0.1, 0.15) is 11.8 Å². The van der Waals surface area contributed by atoms with Crippen LogP contribution >= 0.6 is 0 Å². The molecule has 0 aromatic carbocycles. The normalized spacial score (nSPS) is 18.8. The first-order valence-electron chi connectivity index (χ1n) is 6.35. The second-order valence-electron chi connectivity index (χ2n) is 4.73. The summed E-state index contributed by atoms with van der Waals surface area (Å²) in [6.07, 6.45) is 3.46. The van der Waals surface area contributed by atoms with E-state index in [0.717, 1.165) is 37.3 Å². The highest BCUT2D eigenvalue weighted by atomic mass is 16.8. The lowest BCUT2D eigenvalue weighted by molar-refractivity contribution is -1.07. The summed E-state index contributed by atoms with van der Waals surface area (Å²) in [7, 11) is 0. The van der Waals surface area contributed by atoms with E-state index in [-0.39, 0.29) is 6.67 Å². The van der Waals surface area contributed by atoms with E-state index in [1.165, 1.54) is 6.33 Å². The molecule has 1 atom stereocenters. The van der Waals surface area contributed by atoms with Crippen LogP contribution < -0.4 is 5.23 Å². The Kier molecular flexibility index (Phi) is 3.43. The highest BCUT2D eigenvalue weighted by Gasteiger charge is 2.18. The number of quaternary nitrogens is 1. The van der Waals surface area contributed by atoms with E-state index in [9.17, 15) is 5.21 Å². The fourth-order valence-corrected chi connectivity index (χ4v) is 2.44. The van der Waals surface area contributed by atoms with Gasteiger partial charge in [-0.2, -0.15) is 0 Å². The van der Waals surface area contributed by atoms with Crippen molar-refractivity contribution < 1.29 is 15.2 Å². The highest BCUT2D eigenvalue weighted by Crippen LogP contribution is 2.26. The van der Waals surface area contributed by atoms with Gasteiger partial charge < -0.3 is 9.94 Å². The molecule has 3 heterocycles. The Morgan fingerprint density at radius 1 is 1.42 bits per heavy atom. The zero-order chi connectivity index (χ0) is 13.2. The Morgan fingerprint density at radius 3 is 2.95 bits per heavy atom. The van der Waals surface area contributed by atoms with Crippen molar-refractivity contribution in [3.05, 3.63) is 29.4 Å². The van der Waals surface area contributed by atoms with Gasteiger partial charge in [-0.1, -0.05) is 0 Å². The van der Waals surface area contributed by atoms with Crippen LogP contribution in [-0.4, -0.2) is 33.0 Å². The minimum atomic E-state index is -0.891. The number of nitrogens with zero attached hydrogens (tertiary/aromatic N) is 3. The molecule has 1 fully saturated rings. The molecule has 0 radical (unpaired) electrons. The van der Waals surface area contributed by atoms with Crippen LogP contribution in [0.3, 0.4) is 0 Å². The van der Waals surface area contributed by atoms with E-state index in [0.29, 0.717) is 11.6 Å². The molecular weight excluding hydrogens is 248 g/mol. The van der Waals surface area contributed by atoms with Gasteiger partial charge >= 0.3 is 0 Å². The highest BCUT2D eigenvalue weighted by molar-refractivity contribution is 5.70. The van der Waals surface area contributed by atoms with Crippen LogP contribution in [0.25, 0.3) is 11.2 Å². The van der Waals surface area contributed by atoms with Gasteiger partial charge in [-0.3, -0.25) is 4.57 Å². The molecule has 0 bridgehead atoms. The second-order valence-corrected chi connectivity index (χ2v) is 4.73. The number of nitrogens with one attached hydrogen (secondary N) is 1. The lowest BCUT2D eigenvalue weighted by Crippen LogP contribution is -3.03. The van der Waals surface area contributed by atoms with Crippen molar-refractivity contribution in [2.24, 2.45) is 0 Å². The van der Waals surface area contributed by atoms with Crippen LogP contribution in [-0.2, 0) is 11.4 Å². The van der Waals surface area contributed by atoms with Crippen molar-refractivity contribution in [2.75, 3.05) is 13.2 Å². The Bertz CT molecular complexity index is 563. The summed E-state index contributed by atoms with van der Waals surface area (Å²) in [5.41, 5.74) is 2.38. The van der Waals surface area contributed by atoms with E-state index in [4.69, 9.17) is 9.94 Å². The summed E-state index contributed by atoms with van der Waals surface area (Å²) < 4.78 is 6.92. The summed E-state index contributed by atoms with van der Waals surface area (Å²) in [5.74, 6) is 0.395. The summed E-state index contributed by atoms with van der Waals surface area (Å²) in [4.78, 5) is 8.76. The minimum Gasteiger partial charge on any atom is -0.599 e. The van der Waals surface area contributed by atoms with Crippen LogP contribution in [0.5, 0.6) is 0 Å². The molecule has 1 aliphatic heterocycles. The van der Waals surface area contributed by atoms with Gasteiger partial charge in [0.2, 0.25) is 0 Å². The third-order valence-corrected chi connectivity index (χ3v) is 3.43. The van der Waals surface area contributed by atoms with Gasteiger partial charge in [0.05, 0.1) is 0 Å². The average Bonchev–Trinajstić information content (AvgIpc) is 2.82. The van der Waals surface area contributed by atoms with Crippen LogP contribution in [0.2, 0.25) is 0 Å². The monoisotopic (exact) mass is 264 g/mol. The standard InChI is InChI=1S/C12H16N4O3/c17-16(18)8-15-7-13-11-2-1-10(14-12(11)15)9-3-5-19-6-4-9/h1-2,7,9,16-17H,3-6,8H2. The van der Waals surface area contributed by atoms with Gasteiger partial charge in [0.15, 0.2) is 12.3 Å². The molecule has 2 aromatic heterocycles. The minimum absolute atomic E-state index is 0.110. The molecule has 2 aromatic rings. The molecule has 102 valence electrons. The van der Waals surface area contributed by atoms with Crippen molar-refractivity contribution in [3.8, 4) is 0 Å². The van der Waals surface area contributed by atoms with Crippen LogP contribution in [0.1, 0.15) is 24.5 Å². The lowest BCUT2D eigenvalue weighted by atomic mass is 9.96. The number of imidazole rings is 1. The summed E-state index contributed by atoms with van der Waals surface area (Å²) in [5, 5.41) is 18.8. The molecular formula is C12H16N4O3. The number of fused-ring (bicyclic) bond motifs is 1. The SMILES string of the molecule is [O-][NH+](O)Cn1cnc2ccc(C3CCOCC3)nc21. The van der Waals surface area contributed by atoms with Gasteiger partial charge in [0.25, 0.3) is 0 Å². The maximum absolute atomic E-state index is 10.8. The number of rotatable bonds is 3. The zero-order valence-electron chi connectivity index (χ0n) is 10.5. The molecule has 0 saturated carbocycles. The molecule has 1 saturated heterocycles. The zero-order valence-corrected chi connectivity index (χ0v) is 10.5. The van der Waals surface area contributed by atoms with Crippen molar-refractivity contribution in [3.63, 3.8) is 0 Å². The third kappa shape index (κ3) is 2.59. The van der Waals surface area contributed by atoms with Crippen molar-refractivity contribution in [1.29, 1.82) is 0 Å². The first kappa shape index (κ1) is 12.5. The van der Waals surface area contributed by atoms with E-state index >= 15 is 0 Å². The summed E-state index contributed by atoms with van der Waals surface area (Å²) in [6.45, 7) is 1.41. The maximum atomic E-state index is 10.8. The Morgan fingerprint density at radius 2 is 2.21 bits per heavy atom. The molecule has 7 heteroatoms. The van der Waals surface area contributed by atoms with Crippen molar-refractivity contribution in [2.45, 2.75) is 25.4 Å². The van der Waals surface area contributed by atoms with Gasteiger partial charge in [-0.15, -0.1) is 0 Å². The van der Waals surface area contributed by atoms with Crippen LogP contribution in [0, 0.1) is 5.21 Å². The quantitative estimate of drug-likeness (QED) is 0.765. The van der Waals surface area contributed by atoms with Gasteiger partial charge in [-0.25, -0.2) is 20.4 Å². The number of aromatic nitrogens is 3. The number of hydroxylamine groups is 2. The fourth-order valence-electron chi connectivity index (χ4n) is 2.44. The van der Waals surface area contributed by atoms with E-state index in [1.807, 2.05) is 12.1 Å². The molecule has 0 spiro atoms. The number of hydrogen-bond acceptors (Lipinski definition) is 5. The average molecular weight is 264 g/mol. The topological polar surface area (TPSA) is 87.7 Å². The Hall–Kier alpha value is -1.54. The molecule has 2 N–H and O–H groups in total. The Balaban J connectivity index is 1.93. The van der Waals surface area contributed by atoms with Gasteiger partial charge in [0, 0.05) is 24.8 Å². The molecule has 0 amide bonds. The second kappa shape index (κ2) is 5.22. The van der Waals surface area contributed by atoms with E-state index in [1.54, 1.807) is 4.57 Å². The molecule has 0 aliphatic carbocycles. The predicted molar refractivity (Wildman–Crippen MR) is 66.4 cm³/mol. The number of pyridine rings is 1. The van der Waals surface area contributed by atoms with Gasteiger partial charge in [-0.05, 0) is 25.0 Å². The first-order chi connectivity index (χ1) is 9.24. The maximum Gasteiger partial charge on any atom is 0.188 e. The fraction of sp³-hybridized carbons (Fsp3) is 0.500. The lowest BCUT2D eigenvalue weighted by Gasteiger charge is -2.21. The number of ether oxygens (including phenoxy) is 1.